The lowest BCUT2D eigenvalue weighted by molar-refractivity contribution is -0.121. The first-order chi connectivity index (χ1) is 16.6. The van der Waals surface area contributed by atoms with Gasteiger partial charge in [0, 0.05) is 18.7 Å². The van der Waals surface area contributed by atoms with Crippen LogP contribution in [-0.2, 0) is 31.4 Å². The molecular weight excluding hydrogens is 494 g/mol. The molecule has 0 radical (unpaired) electrons. The van der Waals surface area contributed by atoms with Crippen LogP contribution in [0.3, 0.4) is 0 Å². The van der Waals surface area contributed by atoms with E-state index in [0.29, 0.717) is 24.2 Å². The quantitative estimate of drug-likeness (QED) is 0.482. The number of rotatable bonds is 10. The van der Waals surface area contributed by atoms with E-state index in [1.807, 2.05) is 0 Å². The molecule has 0 atom stereocenters. The van der Waals surface area contributed by atoms with E-state index in [0.717, 1.165) is 19.3 Å². The average molecular weight is 526 g/mol. The molecule has 0 bridgehead atoms. The van der Waals surface area contributed by atoms with Crippen molar-refractivity contribution in [2.75, 3.05) is 20.8 Å². The van der Waals surface area contributed by atoms with Crippen LogP contribution in [0.5, 0.6) is 11.5 Å². The van der Waals surface area contributed by atoms with E-state index in [2.05, 4.69) is 5.32 Å². The van der Waals surface area contributed by atoms with Crippen LogP contribution in [0.2, 0.25) is 0 Å². The van der Waals surface area contributed by atoms with Gasteiger partial charge in [0.05, 0.1) is 30.6 Å². The van der Waals surface area contributed by atoms with E-state index in [4.69, 9.17) is 14.6 Å². The van der Waals surface area contributed by atoms with E-state index < -0.39 is 26.0 Å². The topological polar surface area (TPSA) is 145 Å². The van der Waals surface area contributed by atoms with Crippen LogP contribution in [0.15, 0.2) is 52.3 Å². The Labute approximate surface area is 206 Å². The normalized spacial score (nSPS) is 15.1. The lowest BCUT2D eigenvalue weighted by Gasteiger charge is -2.33. The SMILES string of the molecule is COc1ccc(S(=O)(=O)N(CC(=O)NCc2ccc(S(N)(=O)=O)cc2)C2CCCCC2)cc1OC. The van der Waals surface area contributed by atoms with Crippen LogP contribution in [0.25, 0.3) is 0 Å². The minimum absolute atomic E-state index is 0.0205. The number of sulfonamides is 2. The molecule has 3 N–H and O–H groups in total. The van der Waals surface area contributed by atoms with E-state index >= 15 is 0 Å². The standard InChI is InChI=1S/C23H31N3O7S2/c1-32-21-13-12-20(14-22(21)33-2)35(30,31)26(18-6-4-3-5-7-18)16-23(27)25-15-17-8-10-19(11-9-17)34(24,28)29/h8-14,18H,3-7,15-16H2,1-2H3,(H,25,27)(H2,24,28,29). The fourth-order valence-electron chi connectivity index (χ4n) is 4.09. The van der Waals surface area contributed by atoms with Crippen LogP contribution < -0.4 is 19.9 Å². The van der Waals surface area contributed by atoms with Gasteiger partial charge in [-0.05, 0) is 42.7 Å². The smallest absolute Gasteiger partial charge is 0.243 e. The molecule has 0 unspecified atom stereocenters. The van der Waals surface area contributed by atoms with Crippen molar-refractivity contribution >= 4 is 26.0 Å². The Balaban J connectivity index is 1.79. The zero-order valence-electron chi connectivity index (χ0n) is 19.8. The number of carbonyl (C=O) groups is 1. The van der Waals surface area contributed by atoms with E-state index in [1.54, 1.807) is 12.1 Å². The number of hydrogen-bond donors (Lipinski definition) is 2. The Hall–Kier alpha value is -2.67. The Morgan fingerprint density at radius 2 is 1.54 bits per heavy atom. The molecule has 0 aliphatic heterocycles. The van der Waals surface area contributed by atoms with Crippen molar-refractivity contribution in [2.24, 2.45) is 5.14 Å². The molecule has 1 amide bonds. The first-order valence-corrected chi connectivity index (χ1v) is 14.2. The summed E-state index contributed by atoms with van der Waals surface area (Å²) in [5.74, 6) is 0.224. The fraction of sp³-hybridized carbons (Fsp3) is 0.435. The number of primary sulfonamides is 1. The van der Waals surface area contributed by atoms with Gasteiger partial charge in [-0.3, -0.25) is 4.79 Å². The molecule has 0 heterocycles. The summed E-state index contributed by atoms with van der Waals surface area (Å²) in [6, 6.07) is 9.86. The van der Waals surface area contributed by atoms with Crippen molar-refractivity contribution in [1.29, 1.82) is 0 Å². The largest absolute Gasteiger partial charge is 0.493 e. The van der Waals surface area contributed by atoms with Crippen LogP contribution >= 0.6 is 0 Å². The van der Waals surface area contributed by atoms with Crippen molar-refractivity contribution in [3.05, 3.63) is 48.0 Å². The van der Waals surface area contributed by atoms with Crippen molar-refractivity contribution in [3.63, 3.8) is 0 Å². The maximum absolute atomic E-state index is 13.6. The number of hydrogen-bond acceptors (Lipinski definition) is 7. The minimum Gasteiger partial charge on any atom is -0.493 e. The van der Waals surface area contributed by atoms with Crippen LogP contribution in [0.1, 0.15) is 37.7 Å². The lowest BCUT2D eigenvalue weighted by atomic mass is 9.95. The highest BCUT2D eigenvalue weighted by atomic mass is 32.2. The maximum Gasteiger partial charge on any atom is 0.243 e. The van der Waals surface area contributed by atoms with E-state index in [1.165, 1.54) is 48.9 Å². The molecule has 1 aliphatic carbocycles. The highest BCUT2D eigenvalue weighted by molar-refractivity contribution is 7.89. The molecule has 2 aromatic carbocycles. The van der Waals surface area contributed by atoms with Gasteiger partial charge in [-0.15, -0.1) is 0 Å². The predicted octanol–water partition coefficient (Wildman–Crippen LogP) is 1.99. The zero-order valence-corrected chi connectivity index (χ0v) is 21.4. The van der Waals surface area contributed by atoms with Crippen molar-refractivity contribution < 1.29 is 31.1 Å². The number of carbonyl (C=O) groups excluding carboxylic acids is 1. The molecule has 0 aromatic heterocycles. The summed E-state index contributed by atoms with van der Waals surface area (Å²) in [5, 5.41) is 7.82. The van der Waals surface area contributed by atoms with E-state index in [-0.39, 0.29) is 34.7 Å². The number of amides is 1. The highest BCUT2D eigenvalue weighted by Gasteiger charge is 2.34. The third-order valence-electron chi connectivity index (χ3n) is 5.98. The maximum atomic E-state index is 13.6. The molecule has 0 saturated heterocycles. The number of ether oxygens (including phenoxy) is 2. The van der Waals surface area contributed by atoms with Crippen LogP contribution in [0, 0.1) is 0 Å². The number of nitrogens with two attached hydrogens (primary N) is 1. The zero-order chi connectivity index (χ0) is 25.6. The second-order valence-electron chi connectivity index (χ2n) is 8.32. The molecule has 35 heavy (non-hydrogen) atoms. The van der Waals surface area contributed by atoms with E-state index in [9.17, 15) is 21.6 Å². The van der Waals surface area contributed by atoms with Crippen molar-refractivity contribution in [2.45, 2.75) is 54.5 Å². The third kappa shape index (κ3) is 6.72. The number of benzene rings is 2. The summed E-state index contributed by atoms with van der Waals surface area (Å²) in [6.45, 7) is -0.227. The Bertz CT molecular complexity index is 1240. The van der Waals surface area contributed by atoms with Gasteiger partial charge in [-0.2, -0.15) is 4.31 Å². The van der Waals surface area contributed by atoms with Gasteiger partial charge in [0.2, 0.25) is 26.0 Å². The number of nitrogens with one attached hydrogen (secondary N) is 1. The summed E-state index contributed by atoms with van der Waals surface area (Å²) >= 11 is 0. The summed E-state index contributed by atoms with van der Waals surface area (Å²) < 4.78 is 61.8. The molecule has 10 nitrogen and oxygen atoms in total. The first-order valence-electron chi connectivity index (χ1n) is 11.2. The molecule has 2 aromatic rings. The monoisotopic (exact) mass is 525 g/mol. The van der Waals surface area contributed by atoms with Crippen LogP contribution in [-0.4, -0.2) is 53.9 Å². The summed E-state index contributed by atoms with van der Waals surface area (Å²) in [5.41, 5.74) is 0.651. The van der Waals surface area contributed by atoms with Gasteiger partial charge in [-0.25, -0.2) is 22.0 Å². The Morgan fingerprint density at radius 1 is 0.943 bits per heavy atom. The Kier molecular flexibility index (Phi) is 8.75. The molecule has 12 heteroatoms. The summed E-state index contributed by atoms with van der Waals surface area (Å²) in [4.78, 5) is 12.8. The molecule has 3 rings (SSSR count). The summed E-state index contributed by atoms with van der Waals surface area (Å²) in [6.07, 6.45) is 4.16. The first kappa shape index (κ1) is 26.9. The van der Waals surface area contributed by atoms with Gasteiger partial charge in [-0.1, -0.05) is 31.4 Å². The number of nitrogens with zero attached hydrogens (tertiary/aromatic N) is 1. The molecule has 1 saturated carbocycles. The Morgan fingerprint density at radius 3 is 2.11 bits per heavy atom. The van der Waals surface area contributed by atoms with Gasteiger partial charge in [0.1, 0.15) is 0 Å². The van der Waals surface area contributed by atoms with Crippen molar-refractivity contribution in [3.8, 4) is 11.5 Å². The molecular formula is C23H31N3O7S2. The van der Waals surface area contributed by atoms with Crippen LogP contribution in [0.4, 0.5) is 0 Å². The van der Waals surface area contributed by atoms with Gasteiger partial charge >= 0.3 is 0 Å². The number of methoxy groups -OCH3 is 2. The van der Waals surface area contributed by atoms with Gasteiger partial charge in [0.15, 0.2) is 11.5 Å². The lowest BCUT2D eigenvalue weighted by Crippen LogP contribution is -2.46. The van der Waals surface area contributed by atoms with Gasteiger partial charge < -0.3 is 14.8 Å². The second kappa shape index (κ2) is 11.4. The highest BCUT2D eigenvalue weighted by Crippen LogP contribution is 2.33. The molecule has 1 fully saturated rings. The second-order valence-corrected chi connectivity index (χ2v) is 11.8. The predicted molar refractivity (Wildman–Crippen MR) is 130 cm³/mol. The fourth-order valence-corrected chi connectivity index (χ4v) is 6.26. The van der Waals surface area contributed by atoms with Gasteiger partial charge in [0.25, 0.3) is 0 Å². The third-order valence-corrected chi connectivity index (χ3v) is 8.81. The summed E-state index contributed by atoms with van der Waals surface area (Å²) in [7, 11) is -4.92. The molecule has 1 aliphatic rings. The molecule has 0 spiro atoms. The minimum atomic E-state index is -4.00. The molecule has 192 valence electrons. The average Bonchev–Trinajstić information content (AvgIpc) is 2.85. The van der Waals surface area contributed by atoms with Crippen molar-refractivity contribution in [1.82, 2.24) is 9.62 Å².